The molecule has 1 aliphatic rings. The summed E-state index contributed by atoms with van der Waals surface area (Å²) in [6.07, 6.45) is 7.03. The first-order valence-electron chi connectivity index (χ1n) is 7.46. The minimum absolute atomic E-state index is 0.556. The van der Waals surface area contributed by atoms with Crippen LogP contribution in [0.2, 0.25) is 0 Å². The van der Waals surface area contributed by atoms with E-state index in [4.69, 9.17) is 10.3 Å². The third-order valence-corrected chi connectivity index (χ3v) is 4.11. The molecular weight excluding hydrogens is 240 g/mol. The fourth-order valence-corrected chi connectivity index (χ4v) is 3.05. The molecule has 1 saturated carbocycles. The number of aryl methyl sites for hydroxylation is 1. The molecular formula is C14H26N4O. The van der Waals surface area contributed by atoms with Gasteiger partial charge in [0.25, 0.3) is 0 Å². The zero-order valence-corrected chi connectivity index (χ0v) is 12.1. The van der Waals surface area contributed by atoms with E-state index in [1.54, 1.807) is 0 Å². The Hall–Kier alpha value is -0.940. The maximum atomic E-state index is 5.89. The van der Waals surface area contributed by atoms with Gasteiger partial charge >= 0.3 is 0 Å². The van der Waals surface area contributed by atoms with Crippen LogP contribution in [0.25, 0.3) is 0 Å². The second kappa shape index (κ2) is 7.01. The average Bonchev–Trinajstić information content (AvgIpc) is 2.86. The highest BCUT2D eigenvalue weighted by Crippen LogP contribution is 2.27. The smallest absolute Gasteiger partial charge is 0.240 e. The highest BCUT2D eigenvalue weighted by molar-refractivity contribution is 4.89. The van der Waals surface area contributed by atoms with Crippen LogP contribution < -0.4 is 5.73 Å². The third kappa shape index (κ3) is 3.76. The monoisotopic (exact) mass is 266 g/mol. The summed E-state index contributed by atoms with van der Waals surface area (Å²) < 4.78 is 5.31. The van der Waals surface area contributed by atoms with Crippen LogP contribution in [-0.4, -0.2) is 34.7 Å². The lowest BCUT2D eigenvalue weighted by molar-refractivity contribution is 0.115. The zero-order chi connectivity index (χ0) is 13.7. The Morgan fingerprint density at radius 3 is 2.89 bits per heavy atom. The fourth-order valence-electron chi connectivity index (χ4n) is 3.05. The summed E-state index contributed by atoms with van der Waals surface area (Å²) >= 11 is 0. The molecule has 1 aromatic rings. The summed E-state index contributed by atoms with van der Waals surface area (Å²) in [5, 5.41) is 4.01. The van der Waals surface area contributed by atoms with Gasteiger partial charge < -0.3 is 10.3 Å². The summed E-state index contributed by atoms with van der Waals surface area (Å²) in [6, 6.07) is 0.556. The van der Waals surface area contributed by atoms with Crippen LogP contribution in [0.15, 0.2) is 4.52 Å². The van der Waals surface area contributed by atoms with E-state index in [1.807, 2.05) is 0 Å². The zero-order valence-electron chi connectivity index (χ0n) is 12.1. The Morgan fingerprint density at radius 1 is 1.37 bits per heavy atom. The van der Waals surface area contributed by atoms with Crippen LogP contribution >= 0.6 is 0 Å². The van der Waals surface area contributed by atoms with E-state index in [-0.39, 0.29) is 0 Å². The number of hydrogen-bond acceptors (Lipinski definition) is 5. The molecule has 2 rings (SSSR count). The summed E-state index contributed by atoms with van der Waals surface area (Å²) in [5.74, 6) is 2.16. The normalized spacial score (nSPS) is 24.0. The quantitative estimate of drug-likeness (QED) is 0.852. The van der Waals surface area contributed by atoms with Gasteiger partial charge in [0.2, 0.25) is 5.89 Å². The molecule has 0 aromatic carbocycles. The number of aromatic nitrogens is 2. The lowest BCUT2D eigenvalue weighted by Crippen LogP contribution is -2.42. The number of nitrogens with zero attached hydrogens (tertiary/aromatic N) is 3. The van der Waals surface area contributed by atoms with E-state index < -0.39 is 0 Å². The van der Waals surface area contributed by atoms with Crippen molar-refractivity contribution < 1.29 is 4.52 Å². The molecule has 2 N–H and O–H groups in total. The maximum Gasteiger partial charge on any atom is 0.240 e. The van der Waals surface area contributed by atoms with Crippen molar-refractivity contribution in [3.63, 3.8) is 0 Å². The molecule has 0 amide bonds. The molecule has 0 saturated heterocycles. The fraction of sp³-hybridized carbons (Fsp3) is 0.857. The van der Waals surface area contributed by atoms with Gasteiger partial charge in [0.05, 0.1) is 6.54 Å². The lowest BCUT2D eigenvalue weighted by Gasteiger charge is -2.36. The van der Waals surface area contributed by atoms with Crippen molar-refractivity contribution in [3.8, 4) is 0 Å². The summed E-state index contributed by atoms with van der Waals surface area (Å²) in [5.41, 5.74) is 5.89. The van der Waals surface area contributed by atoms with E-state index >= 15 is 0 Å². The summed E-state index contributed by atoms with van der Waals surface area (Å²) in [7, 11) is 2.14. The van der Waals surface area contributed by atoms with Gasteiger partial charge in [-0.25, -0.2) is 0 Å². The van der Waals surface area contributed by atoms with E-state index in [0.717, 1.165) is 37.6 Å². The molecule has 0 radical (unpaired) electrons. The van der Waals surface area contributed by atoms with E-state index in [1.165, 1.54) is 25.7 Å². The van der Waals surface area contributed by atoms with Crippen LogP contribution in [0.4, 0.5) is 0 Å². The van der Waals surface area contributed by atoms with Crippen molar-refractivity contribution in [2.45, 2.75) is 58.0 Å². The molecule has 0 spiro atoms. The number of nitrogens with two attached hydrogens (primary N) is 1. The first-order chi connectivity index (χ1) is 9.24. The van der Waals surface area contributed by atoms with Crippen LogP contribution in [0.3, 0.4) is 0 Å². The number of rotatable bonds is 6. The minimum Gasteiger partial charge on any atom is -0.338 e. The van der Waals surface area contributed by atoms with Gasteiger partial charge in [0.15, 0.2) is 5.82 Å². The predicted molar refractivity (Wildman–Crippen MR) is 74.6 cm³/mol. The lowest BCUT2D eigenvalue weighted by atomic mass is 9.84. The SMILES string of the molecule is CCCc1noc(CN(C)C2CCCCC2CN)n1. The molecule has 2 atom stereocenters. The van der Waals surface area contributed by atoms with Gasteiger partial charge in [0, 0.05) is 12.5 Å². The molecule has 19 heavy (non-hydrogen) atoms. The van der Waals surface area contributed by atoms with Crippen LogP contribution in [0.1, 0.15) is 50.7 Å². The molecule has 1 aromatic heterocycles. The Labute approximate surface area is 115 Å². The Bertz CT molecular complexity index is 379. The second-order valence-corrected chi connectivity index (χ2v) is 5.62. The van der Waals surface area contributed by atoms with Crippen molar-refractivity contribution >= 4 is 0 Å². The highest BCUT2D eigenvalue weighted by Gasteiger charge is 2.28. The van der Waals surface area contributed by atoms with Gasteiger partial charge in [-0.05, 0) is 38.8 Å². The van der Waals surface area contributed by atoms with E-state index in [2.05, 4.69) is 29.0 Å². The van der Waals surface area contributed by atoms with Crippen molar-refractivity contribution in [1.82, 2.24) is 15.0 Å². The van der Waals surface area contributed by atoms with E-state index in [9.17, 15) is 0 Å². The first kappa shape index (κ1) is 14.5. The molecule has 0 aliphatic heterocycles. The Balaban J connectivity index is 1.92. The summed E-state index contributed by atoms with van der Waals surface area (Å²) in [4.78, 5) is 6.77. The van der Waals surface area contributed by atoms with Crippen LogP contribution in [0, 0.1) is 5.92 Å². The van der Waals surface area contributed by atoms with Crippen molar-refractivity contribution in [2.75, 3.05) is 13.6 Å². The van der Waals surface area contributed by atoms with Gasteiger partial charge in [-0.2, -0.15) is 4.98 Å². The Morgan fingerprint density at radius 2 is 2.16 bits per heavy atom. The van der Waals surface area contributed by atoms with Gasteiger partial charge in [-0.1, -0.05) is 24.9 Å². The predicted octanol–water partition coefficient (Wildman–Crippen LogP) is 1.97. The van der Waals surface area contributed by atoms with Crippen LogP contribution in [0.5, 0.6) is 0 Å². The molecule has 0 bridgehead atoms. The largest absolute Gasteiger partial charge is 0.338 e. The second-order valence-electron chi connectivity index (χ2n) is 5.62. The van der Waals surface area contributed by atoms with Crippen molar-refractivity contribution in [1.29, 1.82) is 0 Å². The highest BCUT2D eigenvalue weighted by atomic mass is 16.5. The van der Waals surface area contributed by atoms with Crippen molar-refractivity contribution in [2.24, 2.45) is 11.7 Å². The molecule has 2 unspecified atom stereocenters. The van der Waals surface area contributed by atoms with E-state index in [0.29, 0.717) is 12.0 Å². The average molecular weight is 266 g/mol. The minimum atomic E-state index is 0.556. The topological polar surface area (TPSA) is 68.2 Å². The molecule has 108 valence electrons. The Kier molecular flexibility index (Phi) is 5.34. The van der Waals surface area contributed by atoms with Gasteiger partial charge in [0.1, 0.15) is 0 Å². The number of hydrogen-bond donors (Lipinski definition) is 1. The maximum absolute atomic E-state index is 5.89. The molecule has 1 heterocycles. The molecule has 5 heteroatoms. The molecule has 1 aliphatic carbocycles. The van der Waals surface area contributed by atoms with Crippen LogP contribution in [-0.2, 0) is 13.0 Å². The molecule has 1 fully saturated rings. The molecule has 5 nitrogen and oxygen atoms in total. The van der Waals surface area contributed by atoms with Gasteiger partial charge in [-0.15, -0.1) is 0 Å². The van der Waals surface area contributed by atoms with Crippen molar-refractivity contribution in [3.05, 3.63) is 11.7 Å². The third-order valence-electron chi connectivity index (χ3n) is 4.11. The first-order valence-corrected chi connectivity index (χ1v) is 7.46. The standard InChI is InChI=1S/C14H26N4O/c1-3-6-13-16-14(19-17-13)10-18(2)12-8-5-4-7-11(12)9-15/h11-12H,3-10,15H2,1-2H3. The van der Waals surface area contributed by atoms with Gasteiger partial charge in [-0.3, -0.25) is 4.90 Å². The summed E-state index contributed by atoms with van der Waals surface area (Å²) in [6.45, 7) is 3.63.